The van der Waals surface area contributed by atoms with Gasteiger partial charge in [0.05, 0.1) is 0 Å². The van der Waals surface area contributed by atoms with Crippen molar-refractivity contribution in [2.24, 2.45) is 29.1 Å². The van der Waals surface area contributed by atoms with Crippen LogP contribution in [0, 0.1) is 29.1 Å². The van der Waals surface area contributed by atoms with Crippen LogP contribution in [-0.2, 0) is 4.79 Å². The number of hydrogen-bond acceptors (Lipinski definition) is 1. The van der Waals surface area contributed by atoms with E-state index in [1.807, 2.05) is 6.08 Å². The lowest BCUT2D eigenvalue weighted by atomic mass is 9.52. The largest absolute Gasteiger partial charge is 0.295 e. The van der Waals surface area contributed by atoms with Crippen molar-refractivity contribution in [2.45, 2.75) is 51.9 Å². The second-order valence-corrected chi connectivity index (χ2v) is 7.49. The van der Waals surface area contributed by atoms with E-state index in [9.17, 15) is 4.79 Å². The molecule has 0 bridgehead atoms. The topological polar surface area (TPSA) is 17.1 Å². The van der Waals surface area contributed by atoms with Crippen LogP contribution in [0.1, 0.15) is 51.9 Å². The van der Waals surface area contributed by atoms with E-state index in [1.54, 1.807) is 0 Å². The standard InChI is InChI=1S/C18H24O/c1-18-9-2-3-17(18)16-6-4-12-11-13(19)5-7-14(12)15(16)8-10-18/h2,9,11,14-17H,3-8,10H2,1H3/t14-,15?,16?,17?,18-/m0/s1. The molecule has 0 aromatic heterocycles. The summed E-state index contributed by atoms with van der Waals surface area (Å²) in [5, 5.41) is 0. The van der Waals surface area contributed by atoms with Crippen LogP contribution in [0.3, 0.4) is 0 Å². The zero-order valence-corrected chi connectivity index (χ0v) is 11.9. The Balaban J connectivity index is 1.64. The molecule has 2 fully saturated rings. The predicted octanol–water partition coefficient (Wildman–Crippen LogP) is 4.29. The SMILES string of the molecule is C[C@@]12C=CCC1C1CCC3=CC(=O)CC[C@@H]3C1CC2. The molecule has 4 aliphatic rings. The number of hydrogen-bond donors (Lipinski definition) is 0. The van der Waals surface area contributed by atoms with Crippen LogP contribution in [0.25, 0.3) is 0 Å². The lowest BCUT2D eigenvalue weighted by Gasteiger charge is -2.52. The summed E-state index contributed by atoms with van der Waals surface area (Å²) < 4.78 is 0. The van der Waals surface area contributed by atoms with Gasteiger partial charge < -0.3 is 0 Å². The molecule has 3 unspecified atom stereocenters. The fourth-order valence-corrected chi connectivity index (χ4v) is 5.66. The Morgan fingerprint density at radius 3 is 2.95 bits per heavy atom. The van der Waals surface area contributed by atoms with Gasteiger partial charge in [0.2, 0.25) is 0 Å². The van der Waals surface area contributed by atoms with Crippen LogP contribution < -0.4 is 0 Å². The summed E-state index contributed by atoms with van der Waals surface area (Å²) in [6.45, 7) is 2.48. The molecule has 0 aromatic rings. The van der Waals surface area contributed by atoms with Crippen molar-refractivity contribution in [1.29, 1.82) is 0 Å². The quantitative estimate of drug-likeness (QED) is 0.591. The molecule has 0 radical (unpaired) electrons. The van der Waals surface area contributed by atoms with Crippen molar-refractivity contribution in [1.82, 2.24) is 0 Å². The summed E-state index contributed by atoms with van der Waals surface area (Å²) in [5.41, 5.74) is 2.00. The number of carbonyl (C=O) groups excluding carboxylic acids is 1. The highest BCUT2D eigenvalue weighted by atomic mass is 16.1. The van der Waals surface area contributed by atoms with Crippen LogP contribution in [0.15, 0.2) is 23.8 Å². The highest BCUT2D eigenvalue weighted by molar-refractivity contribution is 5.91. The van der Waals surface area contributed by atoms with Crippen molar-refractivity contribution < 1.29 is 4.79 Å². The summed E-state index contributed by atoms with van der Waals surface area (Å²) in [7, 11) is 0. The first-order valence-corrected chi connectivity index (χ1v) is 8.08. The van der Waals surface area contributed by atoms with Crippen molar-refractivity contribution in [2.75, 3.05) is 0 Å². The average molecular weight is 256 g/mol. The maximum Gasteiger partial charge on any atom is 0.155 e. The van der Waals surface area contributed by atoms with E-state index in [2.05, 4.69) is 19.1 Å². The Labute approximate surface area is 116 Å². The third kappa shape index (κ3) is 1.70. The molecule has 0 aliphatic heterocycles. The lowest BCUT2D eigenvalue weighted by molar-refractivity contribution is -0.115. The molecular weight excluding hydrogens is 232 g/mol. The normalized spacial score (nSPS) is 48.3. The average Bonchev–Trinajstić information content (AvgIpc) is 2.79. The molecule has 102 valence electrons. The summed E-state index contributed by atoms with van der Waals surface area (Å²) >= 11 is 0. The Hall–Kier alpha value is -0.850. The number of carbonyl (C=O) groups is 1. The van der Waals surface area contributed by atoms with Crippen LogP contribution in [-0.4, -0.2) is 5.78 Å². The van der Waals surface area contributed by atoms with Crippen LogP contribution in [0.4, 0.5) is 0 Å². The van der Waals surface area contributed by atoms with Gasteiger partial charge in [-0.1, -0.05) is 24.6 Å². The maximum atomic E-state index is 11.6. The Kier molecular flexibility index (Phi) is 2.56. The fourth-order valence-electron chi connectivity index (χ4n) is 5.66. The van der Waals surface area contributed by atoms with E-state index in [1.165, 1.54) is 37.7 Å². The van der Waals surface area contributed by atoms with Gasteiger partial charge in [0.1, 0.15) is 0 Å². The van der Waals surface area contributed by atoms with E-state index >= 15 is 0 Å². The minimum absolute atomic E-state index is 0.382. The van der Waals surface area contributed by atoms with Crippen molar-refractivity contribution in [3.8, 4) is 0 Å². The molecule has 0 spiro atoms. The molecule has 0 heterocycles. The Bertz CT molecular complexity index is 472. The minimum Gasteiger partial charge on any atom is -0.295 e. The Morgan fingerprint density at radius 2 is 2.05 bits per heavy atom. The van der Waals surface area contributed by atoms with Gasteiger partial charge in [-0.3, -0.25) is 4.79 Å². The number of rotatable bonds is 0. The smallest absolute Gasteiger partial charge is 0.155 e. The molecule has 0 amide bonds. The van der Waals surface area contributed by atoms with Gasteiger partial charge in [-0.2, -0.15) is 0 Å². The number of allylic oxidation sites excluding steroid dienone is 4. The second kappa shape index (κ2) is 4.07. The van der Waals surface area contributed by atoms with Gasteiger partial charge in [0.25, 0.3) is 0 Å². The van der Waals surface area contributed by atoms with Crippen molar-refractivity contribution >= 4 is 5.78 Å². The molecule has 4 rings (SSSR count). The molecule has 0 aromatic carbocycles. The monoisotopic (exact) mass is 256 g/mol. The van der Waals surface area contributed by atoms with E-state index in [0.29, 0.717) is 11.2 Å². The zero-order chi connectivity index (χ0) is 13.0. The summed E-state index contributed by atoms with van der Waals surface area (Å²) in [5.74, 6) is 3.83. The summed E-state index contributed by atoms with van der Waals surface area (Å²) in [6, 6.07) is 0. The maximum absolute atomic E-state index is 11.6. The van der Waals surface area contributed by atoms with Gasteiger partial charge in [-0.05, 0) is 73.7 Å². The van der Waals surface area contributed by atoms with Gasteiger partial charge in [0, 0.05) is 6.42 Å². The lowest BCUT2D eigenvalue weighted by Crippen LogP contribution is -2.44. The third-order valence-corrected chi connectivity index (χ3v) is 6.63. The predicted molar refractivity (Wildman–Crippen MR) is 76.6 cm³/mol. The number of fused-ring (bicyclic) bond motifs is 5. The first-order chi connectivity index (χ1) is 9.17. The molecule has 4 aliphatic carbocycles. The zero-order valence-electron chi connectivity index (χ0n) is 11.9. The Morgan fingerprint density at radius 1 is 1.16 bits per heavy atom. The van der Waals surface area contributed by atoms with Crippen LogP contribution in [0.2, 0.25) is 0 Å². The van der Waals surface area contributed by atoms with E-state index in [0.717, 1.165) is 36.5 Å². The van der Waals surface area contributed by atoms with Gasteiger partial charge in [0.15, 0.2) is 5.78 Å². The molecule has 0 saturated heterocycles. The molecule has 1 nitrogen and oxygen atoms in total. The fraction of sp³-hybridized carbons (Fsp3) is 0.722. The minimum atomic E-state index is 0.382. The van der Waals surface area contributed by atoms with Gasteiger partial charge in [-0.25, -0.2) is 0 Å². The van der Waals surface area contributed by atoms with E-state index in [4.69, 9.17) is 0 Å². The second-order valence-electron chi connectivity index (χ2n) is 7.49. The molecular formula is C18H24O. The van der Waals surface area contributed by atoms with Crippen LogP contribution in [0.5, 0.6) is 0 Å². The third-order valence-electron chi connectivity index (χ3n) is 6.63. The van der Waals surface area contributed by atoms with Crippen molar-refractivity contribution in [3.63, 3.8) is 0 Å². The first-order valence-electron chi connectivity index (χ1n) is 8.08. The van der Waals surface area contributed by atoms with E-state index < -0.39 is 0 Å². The van der Waals surface area contributed by atoms with Crippen LogP contribution >= 0.6 is 0 Å². The molecule has 2 saturated carbocycles. The first kappa shape index (κ1) is 11.9. The number of ketones is 1. The highest BCUT2D eigenvalue weighted by Gasteiger charge is 2.50. The summed E-state index contributed by atoms with van der Waals surface area (Å²) in [4.78, 5) is 11.6. The van der Waals surface area contributed by atoms with Crippen molar-refractivity contribution in [3.05, 3.63) is 23.8 Å². The molecule has 1 heteroatoms. The summed E-state index contributed by atoms with van der Waals surface area (Å²) in [6.07, 6.45) is 15.5. The van der Waals surface area contributed by atoms with Gasteiger partial charge >= 0.3 is 0 Å². The molecule has 0 N–H and O–H groups in total. The highest BCUT2D eigenvalue weighted by Crippen LogP contribution is 2.59. The van der Waals surface area contributed by atoms with E-state index in [-0.39, 0.29) is 0 Å². The van der Waals surface area contributed by atoms with Gasteiger partial charge in [-0.15, -0.1) is 0 Å². The molecule has 19 heavy (non-hydrogen) atoms. The molecule has 5 atom stereocenters.